The first-order chi connectivity index (χ1) is 9.10. The van der Waals surface area contributed by atoms with Crippen LogP contribution < -0.4 is 5.32 Å². The van der Waals surface area contributed by atoms with Crippen LogP contribution in [0.4, 0.5) is 5.69 Å². The van der Waals surface area contributed by atoms with E-state index in [1.807, 2.05) is 18.2 Å². The van der Waals surface area contributed by atoms with Gasteiger partial charge in [-0.2, -0.15) is 0 Å². The van der Waals surface area contributed by atoms with E-state index in [-0.39, 0.29) is 5.76 Å². The zero-order valence-corrected chi connectivity index (χ0v) is 13.2. The summed E-state index contributed by atoms with van der Waals surface area (Å²) in [5, 5.41) is 3.21. The number of hydrogen-bond donors (Lipinski definition) is 1. The maximum absolute atomic E-state index is 11.2. The summed E-state index contributed by atoms with van der Waals surface area (Å²) < 4.78 is 11.9. The topological polar surface area (TPSA) is 51.5 Å². The molecule has 19 heavy (non-hydrogen) atoms. The number of carbonyl (C=O) groups is 1. The Bertz CT molecular complexity index is 595. The van der Waals surface area contributed by atoms with Crippen LogP contribution >= 0.6 is 31.9 Å². The molecule has 0 unspecified atom stereocenters. The molecule has 2 rings (SSSR count). The molecule has 0 bridgehead atoms. The van der Waals surface area contributed by atoms with Crippen molar-refractivity contribution in [3.05, 3.63) is 50.8 Å². The molecule has 0 saturated carbocycles. The number of carbonyl (C=O) groups excluding carboxylic acids is 1. The van der Waals surface area contributed by atoms with Crippen LogP contribution in [0.15, 0.2) is 43.7 Å². The van der Waals surface area contributed by atoms with Crippen molar-refractivity contribution in [1.82, 2.24) is 0 Å². The maximum atomic E-state index is 11.2. The second kappa shape index (κ2) is 6.25. The quantitative estimate of drug-likeness (QED) is 0.797. The van der Waals surface area contributed by atoms with Crippen molar-refractivity contribution in [2.75, 3.05) is 12.4 Å². The Morgan fingerprint density at radius 3 is 2.79 bits per heavy atom. The minimum absolute atomic E-state index is 0.203. The van der Waals surface area contributed by atoms with E-state index >= 15 is 0 Å². The Morgan fingerprint density at radius 2 is 2.11 bits per heavy atom. The first-order valence-corrected chi connectivity index (χ1v) is 7.04. The Kier molecular flexibility index (Phi) is 4.66. The third-order valence-electron chi connectivity index (χ3n) is 2.43. The summed E-state index contributed by atoms with van der Waals surface area (Å²) in [7, 11) is 1.32. The number of rotatable bonds is 4. The number of furan rings is 1. The molecular formula is C13H11Br2NO3. The summed E-state index contributed by atoms with van der Waals surface area (Å²) in [5.41, 5.74) is 0.944. The normalized spacial score (nSPS) is 10.3. The molecule has 0 spiro atoms. The van der Waals surface area contributed by atoms with Gasteiger partial charge in [0.05, 0.1) is 13.7 Å². The van der Waals surface area contributed by atoms with Crippen LogP contribution in [0.3, 0.4) is 0 Å². The second-order valence-electron chi connectivity index (χ2n) is 3.74. The number of hydrogen-bond acceptors (Lipinski definition) is 4. The molecule has 0 saturated heterocycles. The van der Waals surface area contributed by atoms with E-state index < -0.39 is 5.97 Å². The van der Waals surface area contributed by atoms with Gasteiger partial charge in [0.1, 0.15) is 5.76 Å². The van der Waals surface area contributed by atoms with Gasteiger partial charge in [-0.25, -0.2) is 4.79 Å². The number of ether oxygens (including phenoxy) is 1. The summed E-state index contributed by atoms with van der Waals surface area (Å²) in [4.78, 5) is 11.2. The smallest absolute Gasteiger partial charge is 0.373 e. The number of anilines is 1. The Labute approximate surface area is 127 Å². The van der Waals surface area contributed by atoms with Crippen LogP contribution in [-0.2, 0) is 11.3 Å². The SMILES string of the molecule is COC(=O)c1ccc(CNc2ccc(Br)cc2Br)o1. The third kappa shape index (κ3) is 3.61. The predicted octanol–water partition coefficient (Wildman–Crippen LogP) is 4.20. The first-order valence-electron chi connectivity index (χ1n) is 5.46. The van der Waals surface area contributed by atoms with Gasteiger partial charge in [-0.1, -0.05) is 15.9 Å². The summed E-state index contributed by atoms with van der Waals surface area (Å²) in [6, 6.07) is 9.17. The molecule has 0 radical (unpaired) electrons. The molecule has 1 aromatic carbocycles. The molecule has 1 N–H and O–H groups in total. The van der Waals surface area contributed by atoms with E-state index in [4.69, 9.17) is 4.42 Å². The summed E-state index contributed by atoms with van der Waals surface area (Å²) >= 11 is 6.85. The number of benzene rings is 1. The molecular weight excluding hydrogens is 378 g/mol. The van der Waals surface area contributed by atoms with Crippen molar-refractivity contribution in [2.24, 2.45) is 0 Å². The number of methoxy groups -OCH3 is 1. The molecule has 0 amide bonds. The van der Waals surface area contributed by atoms with Crippen molar-refractivity contribution < 1.29 is 13.9 Å². The highest BCUT2D eigenvalue weighted by molar-refractivity contribution is 9.11. The molecule has 2 aromatic rings. The molecule has 0 atom stereocenters. The Morgan fingerprint density at radius 1 is 1.32 bits per heavy atom. The highest BCUT2D eigenvalue weighted by Crippen LogP contribution is 2.26. The molecule has 4 nitrogen and oxygen atoms in total. The first kappa shape index (κ1) is 14.1. The van der Waals surface area contributed by atoms with Gasteiger partial charge in [-0.05, 0) is 46.3 Å². The molecule has 1 heterocycles. The van der Waals surface area contributed by atoms with Gasteiger partial charge in [0.2, 0.25) is 5.76 Å². The van der Waals surface area contributed by atoms with Crippen LogP contribution in [0.1, 0.15) is 16.3 Å². The van der Waals surface area contributed by atoms with Crippen molar-refractivity contribution >= 4 is 43.5 Å². The van der Waals surface area contributed by atoms with Crippen LogP contribution in [0.2, 0.25) is 0 Å². The van der Waals surface area contributed by atoms with E-state index in [0.717, 1.165) is 14.6 Å². The predicted molar refractivity (Wildman–Crippen MR) is 79.2 cm³/mol. The average molecular weight is 389 g/mol. The van der Waals surface area contributed by atoms with Crippen LogP contribution in [0, 0.1) is 0 Å². The monoisotopic (exact) mass is 387 g/mol. The highest BCUT2D eigenvalue weighted by Gasteiger charge is 2.11. The molecule has 0 aliphatic carbocycles. The van der Waals surface area contributed by atoms with Crippen LogP contribution in [0.25, 0.3) is 0 Å². The minimum Gasteiger partial charge on any atom is -0.463 e. The summed E-state index contributed by atoms with van der Waals surface area (Å²) in [6.45, 7) is 0.483. The van der Waals surface area contributed by atoms with E-state index in [1.165, 1.54) is 7.11 Å². The fourth-order valence-electron chi connectivity index (χ4n) is 1.50. The summed E-state index contributed by atoms with van der Waals surface area (Å²) in [6.07, 6.45) is 0. The van der Waals surface area contributed by atoms with Crippen molar-refractivity contribution in [2.45, 2.75) is 6.54 Å². The van der Waals surface area contributed by atoms with E-state index in [2.05, 4.69) is 41.9 Å². The highest BCUT2D eigenvalue weighted by atomic mass is 79.9. The summed E-state index contributed by atoms with van der Waals surface area (Å²) in [5.74, 6) is 0.389. The number of halogens is 2. The van der Waals surface area contributed by atoms with Crippen LogP contribution in [0.5, 0.6) is 0 Å². The lowest BCUT2D eigenvalue weighted by Crippen LogP contribution is -2.00. The van der Waals surface area contributed by atoms with Crippen molar-refractivity contribution in [3.8, 4) is 0 Å². The van der Waals surface area contributed by atoms with Crippen molar-refractivity contribution in [3.63, 3.8) is 0 Å². The Hall–Kier alpha value is -1.27. The van der Waals surface area contributed by atoms with Gasteiger partial charge in [0.25, 0.3) is 0 Å². The standard InChI is InChI=1S/C13H11Br2NO3/c1-18-13(17)12-5-3-9(19-12)7-16-11-4-2-8(14)6-10(11)15/h2-6,16H,7H2,1H3. The maximum Gasteiger partial charge on any atom is 0.373 e. The fraction of sp³-hybridized carbons (Fsp3) is 0.154. The third-order valence-corrected chi connectivity index (χ3v) is 3.58. The second-order valence-corrected chi connectivity index (χ2v) is 5.51. The van der Waals surface area contributed by atoms with E-state index in [9.17, 15) is 4.79 Å². The van der Waals surface area contributed by atoms with Gasteiger partial charge in [0, 0.05) is 14.6 Å². The zero-order chi connectivity index (χ0) is 13.8. The molecule has 6 heteroatoms. The number of nitrogens with one attached hydrogen (secondary N) is 1. The van der Waals surface area contributed by atoms with Gasteiger partial charge in [-0.15, -0.1) is 0 Å². The molecule has 0 aliphatic heterocycles. The van der Waals surface area contributed by atoms with Gasteiger partial charge in [0.15, 0.2) is 0 Å². The average Bonchev–Trinajstić information content (AvgIpc) is 2.85. The van der Waals surface area contributed by atoms with Crippen molar-refractivity contribution in [1.29, 1.82) is 0 Å². The molecule has 0 fully saturated rings. The Balaban J connectivity index is 2.02. The lowest BCUT2D eigenvalue weighted by Gasteiger charge is -2.07. The fourth-order valence-corrected chi connectivity index (χ4v) is 2.69. The van der Waals surface area contributed by atoms with Crippen LogP contribution in [-0.4, -0.2) is 13.1 Å². The molecule has 1 aromatic heterocycles. The number of esters is 1. The molecule has 100 valence electrons. The molecule has 0 aliphatic rings. The zero-order valence-electron chi connectivity index (χ0n) is 10.1. The lowest BCUT2D eigenvalue weighted by atomic mass is 10.3. The van der Waals surface area contributed by atoms with Gasteiger partial charge >= 0.3 is 5.97 Å². The largest absolute Gasteiger partial charge is 0.463 e. The van der Waals surface area contributed by atoms with Gasteiger partial charge < -0.3 is 14.5 Å². The van der Waals surface area contributed by atoms with E-state index in [1.54, 1.807) is 12.1 Å². The van der Waals surface area contributed by atoms with E-state index in [0.29, 0.717) is 12.3 Å². The minimum atomic E-state index is -0.476. The van der Waals surface area contributed by atoms with Gasteiger partial charge in [-0.3, -0.25) is 0 Å². The lowest BCUT2D eigenvalue weighted by molar-refractivity contribution is 0.0563.